The largest absolute Gasteiger partial charge is 0.192 e. The normalized spacial score (nSPS) is 10.2. The molecule has 0 saturated heterocycles. The van der Waals surface area contributed by atoms with Crippen LogP contribution in [0.4, 0.5) is 0 Å². The molecule has 0 fully saturated rings. The van der Waals surface area contributed by atoms with Crippen LogP contribution in [-0.4, -0.2) is 0 Å². The zero-order valence-corrected chi connectivity index (χ0v) is 10.1. The molecule has 1 aromatic carbocycles. The third-order valence-corrected chi connectivity index (χ3v) is 4.29. The summed E-state index contributed by atoms with van der Waals surface area (Å²) in [5.74, 6) is 0. The molecule has 13 heavy (non-hydrogen) atoms. The molecule has 0 aliphatic carbocycles. The van der Waals surface area contributed by atoms with Gasteiger partial charge in [-0.3, -0.25) is 0 Å². The molecule has 0 aliphatic rings. The van der Waals surface area contributed by atoms with Gasteiger partial charge in [-0.25, -0.2) is 0 Å². The van der Waals surface area contributed by atoms with Gasteiger partial charge in [0.25, 0.3) is 0 Å². The molecule has 0 amide bonds. The van der Waals surface area contributed by atoms with Gasteiger partial charge in [0.15, 0.2) is 0 Å². The first-order chi connectivity index (χ1) is 6.24. The predicted molar refractivity (Wildman–Crippen MR) is 64.3 cm³/mol. The second kappa shape index (κ2) is 3.45. The molecule has 0 unspecified atom stereocenters. The summed E-state index contributed by atoms with van der Waals surface area (Å²) in [6.07, 6.45) is 0. The number of benzene rings is 1. The SMILES string of the molecule is N#Cc1c(Cl)ccc2scc(I)c12. The molecule has 4 heteroatoms. The molecular formula is C9H3ClINS. The van der Waals surface area contributed by atoms with Gasteiger partial charge in [-0.2, -0.15) is 5.26 Å². The van der Waals surface area contributed by atoms with Crippen LogP contribution in [0.25, 0.3) is 10.1 Å². The van der Waals surface area contributed by atoms with Crippen molar-refractivity contribution in [2.24, 2.45) is 0 Å². The van der Waals surface area contributed by atoms with Gasteiger partial charge in [0.1, 0.15) is 6.07 Å². The first kappa shape index (κ1) is 9.25. The fourth-order valence-electron chi connectivity index (χ4n) is 1.18. The molecule has 1 nitrogen and oxygen atoms in total. The van der Waals surface area contributed by atoms with Gasteiger partial charge in [-0.1, -0.05) is 11.6 Å². The van der Waals surface area contributed by atoms with E-state index in [9.17, 15) is 0 Å². The highest BCUT2D eigenvalue weighted by Crippen LogP contribution is 2.33. The maximum atomic E-state index is 8.93. The van der Waals surface area contributed by atoms with Crippen molar-refractivity contribution in [1.29, 1.82) is 5.26 Å². The Bertz CT molecular complexity index is 512. The van der Waals surface area contributed by atoms with Crippen molar-refractivity contribution >= 4 is 55.6 Å². The minimum atomic E-state index is 0.534. The first-order valence-electron chi connectivity index (χ1n) is 3.49. The van der Waals surface area contributed by atoms with Gasteiger partial charge in [0.05, 0.1) is 10.6 Å². The van der Waals surface area contributed by atoms with E-state index in [4.69, 9.17) is 16.9 Å². The molecular weight excluding hydrogens is 317 g/mol. The third-order valence-electron chi connectivity index (χ3n) is 1.76. The van der Waals surface area contributed by atoms with Crippen LogP contribution in [0, 0.1) is 14.9 Å². The third kappa shape index (κ3) is 1.43. The first-order valence-corrected chi connectivity index (χ1v) is 5.83. The van der Waals surface area contributed by atoms with E-state index in [1.165, 1.54) is 0 Å². The quantitative estimate of drug-likeness (QED) is 0.673. The summed E-state index contributed by atoms with van der Waals surface area (Å²) in [4.78, 5) is 0. The molecule has 0 N–H and O–H groups in total. The van der Waals surface area contributed by atoms with Gasteiger partial charge < -0.3 is 0 Å². The van der Waals surface area contributed by atoms with Crippen LogP contribution in [0.5, 0.6) is 0 Å². The zero-order valence-electron chi connectivity index (χ0n) is 6.34. The molecule has 1 aromatic heterocycles. The molecule has 0 spiro atoms. The van der Waals surface area contributed by atoms with Gasteiger partial charge in [-0.05, 0) is 34.7 Å². The highest BCUT2D eigenvalue weighted by Gasteiger charge is 2.09. The van der Waals surface area contributed by atoms with Crippen LogP contribution >= 0.6 is 45.5 Å². The molecule has 0 saturated carbocycles. The smallest absolute Gasteiger partial charge is 0.101 e. The van der Waals surface area contributed by atoms with E-state index < -0.39 is 0 Å². The predicted octanol–water partition coefficient (Wildman–Crippen LogP) is 4.03. The van der Waals surface area contributed by atoms with Gasteiger partial charge in [0.2, 0.25) is 0 Å². The number of halogens is 2. The van der Waals surface area contributed by atoms with E-state index in [0.717, 1.165) is 13.7 Å². The highest BCUT2D eigenvalue weighted by atomic mass is 127. The van der Waals surface area contributed by atoms with Crippen molar-refractivity contribution in [3.05, 3.63) is 31.7 Å². The Kier molecular flexibility index (Phi) is 2.45. The molecule has 0 atom stereocenters. The number of hydrogen-bond acceptors (Lipinski definition) is 2. The number of nitrogens with zero attached hydrogens (tertiary/aromatic N) is 1. The lowest BCUT2D eigenvalue weighted by Crippen LogP contribution is -1.79. The second-order valence-electron chi connectivity index (χ2n) is 2.49. The van der Waals surface area contributed by atoms with Crippen molar-refractivity contribution in [3.63, 3.8) is 0 Å². The summed E-state index contributed by atoms with van der Waals surface area (Å²) in [6, 6.07) is 5.86. The average molecular weight is 320 g/mol. The highest BCUT2D eigenvalue weighted by molar-refractivity contribution is 14.1. The topological polar surface area (TPSA) is 23.8 Å². The lowest BCUT2D eigenvalue weighted by molar-refractivity contribution is 1.50. The van der Waals surface area contributed by atoms with Crippen LogP contribution in [0.1, 0.15) is 5.56 Å². The van der Waals surface area contributed by atoms with Crippen molar-refractivity contribution in [3.8, 4) is 6.07 Å². The van der Waals surface area contributed by atoms with Crippen molar-refractivity contribution in [2.75, 3.05) is 0 Å². The van der Waals surface area contributed by atoms with Crippen molar-refractivity contribution in [2.45, 2.75) is 0 Å². The van der Waals surface area contributed by atoms with E-state index >= 15 is 0 Å². The number of rotatable bonds is 0. The van der Waals surface area contributed by atoms with Crippen LogP contribution in [0.2, 0.25) is 5.02 Å². The summed E-state index contributed by atoms with van der Waals surface area (Å²) in [5, 5.41) is 12.5. The lowest BCUT2D eigenvalue weighted by atomic mass is 10.1. The van der Waals surface area contributed by atoms with E-state index in [0.29, 0.717) is 10.6 Å². The number of hydrogen-bond donors (Lipinski definition) is 0. The summed E-state index contributed by atoms with van der Waals surface area (Å²) in [6.45, 7) is 0. The molecule has 0 bridgehead atoms. The van der Waals surface area contributed by atoms with E-state index in [1.807, 2.05) is 11.4 Å². The summed E-state index contributed by atoms with van der Waals surface area (Å²) in [5.41, 5.74) is 0.588. The molecule has 0 radical (unpaired) electrons. The van der Waals surface area contributed by atoms with Gasteiger partial charge in [0, 0.05) is 19.0 Å². The van der Waals surface area contributed by atoms with Crippen molar-refractivity contribution in [1.82, 2.24) is 0 Å². The van der Waals surface area contributed by atoms with Gasteiger partial charge in [-0.15, -0.1) is 11.3 Å². The summed E-state index contributed by atoms with van der Waals surface area (Å²) in [7, 11) is 0. The van der Waals surface area contributed by atoms with E-state index in [-0.39, 0.29) is 0 Å². The number of nitriles is 1. The molecule has 1 heterocycles. The Morgan fingerprint density at radius 1 is 1.46 bits per heavy atom. The lowest BCUT2D eigenvalue weighted by Gasteiger charge is -1.96. The molecule has 2 rings (SSSR count). The van der Waals surface area contributed by atoms with Crippen molar-refractivity contribution < 1.29 is 0 Å². The van der Waals surface area contributed by atoms with E-state index in [1.54, 1.807) is 17.4 Å². The zero-order chi connectivity index (χ0) is 9.42. The summed E-state index contributed by atoms with van der Waals surface area (Å²) >= 11 is 9.77. The Morgan fingerprint density at radius 3 is 2.92 bits per heavy atom. The fraction of sp³-hybridized carbons (Fsp3) is 0. The second-order valence-corrected chi connectivity index (χ2v) is 4.97. The Morgan fingerprint density at radius 2 is 2.23 bits per heavy atom. The standard InChI is InChI=1S/C9H3ClINS/c10-6-1-2-8-9(5(6)3-12)7(11)4-13-8/h1-2,4H. The number of fused-ring (bicyclic) bond motifs is 1. The monoisotopic (exact) mass is 319 g/mol. The van der Waals surface area contributed by atoms with Crippen LogP contribution in [-0.2, 0) is 0 Å². The Hall–Kier alpha value is -0.310. The maximum absolute atomic E-state index is 8.93. The van der Waals surface area contributed by atoms with Crippen LogP contribution in [0.3, 0.4) is 0 Å². The van der Waals surface area contributed by atoms with Crippen LogP contribution in [0.15, 0.2) is 17.5 Å². The Balaban J connectivity index is 2.99. The van der Waals surface area contributed by atoms with Crippen LogP contribution < -0.4 is 0 Å². The maximum Gasteiger partial charge on any atom is 0.101 e. The summed E-state index contributed by atoms with van der Waals surface area (Å²) < 4.78 is 2.21. The molecule has 0 aliphatic heterocycles. The van der Waals surface area contributed by atoms with Gasteiger partial charge >= 0.3 is 0 Å². The number of thiophene rings is 1. The minimum Gasteiger partial charge on any atom is -0.192 e. The van der Waals surface area contributed by atoms with E-state index in [2.05, 4.69) is 28.7 Å². The fourth-order valence-corrected chi connectivity index (χ4v) is 3.33. The molecule has 64 valence electrons. The minimum absolute atomic E-state index is 0.534. The average Bonchev–Trinajstić information content (AvgIpc) is 2.49. The Labute approximate surface area is 98.1 Å². The molecule has 2 aromatic rings.